The van der Waals surface area contributed by atoms with Crippen molar-refractivity contribution in [1.82, 2.24) is 0 Å². The maximum Gasteiger partial charge on any atom is 0.306 e. The Morgan fingerprint density at radius 1 is 0.484 bits per heavy atom. The van der Waals surface area contributed by atoms with Gasteiger partial charge in [0.1, 0.15) is 12.6 Å². The van der Waals surface area contributed by atoms with Gasteiger partial charge in [0.2, 0.25) is 0 Å². The molecule has 0 aromatic rings. The Morgan fingerprint density at radius 2 is 0.839 bits per heavy atom. The number of carbonyl (C=O) groups excluding carboxylic acids is 3. The third-order valence-electron chi connectivity index (χ3n) is 11.5. The van der Waals surface area contributed by atoms with E-state index in [0.717, 1.165) is 57.8 Å². The number of nitrogens with zero attached hydrogens (tertiary/aromatic N) is 1. The molecule has 0 N–H and O–H groups in total. The molecule has 0 aromatic carbocycles. The van der Waals surface area contributed by atoms with Crippen molar-refractivity contribution in [2.45, 2.75) is 238 Å². The summed E-state index contributed by atoms with van der Waals surface area (Å²) < 4.78 is 17.2. The van der Waals surface area contributed by atoms with Crippen molar-refractivity contribution in [2.24, 2.45) is 0 Å². The van der Waals surface area contributed by atoms with Crippen LogP contribution in [-0.2, 0) is 28.6 Å². The fourth-order valence-corrected chi connectivity index (χ4v) is 7.47. The van der Waals surface area contributed by atoms with Crippen LogP contribution in [0.25, 0.3) is 0 Å². The molecule has 62 heavy (non-hydrogen) atoms. The predicted molar refractivity (Wildman–Crippen MR) is 259 cm³/mol. The van der Waals surface area contributed by atoms with Crippen LogP contribution in [0, 0.1) is 0 Å². The normalized spacial score (nSPS) is 13.2. The Balaban J connectivity index is 4.28. The third-order valence-corrected chi connectivity index (χ3v) is 11.5. The lowest BCUT2D eigenvalue weighted by Crippen LogP contribution is -2.55. The minimum atomic E-state index is -1.13. The second kappa shape index (κ2) is 44.9. The van der Waals surface area contributed by atoms with Crippen LogP contribution >= 0.6 is 0 Å². The highest BCUT2D eigenvalue weighted by Gasteiger charge is 2.25. The van der Waals surface area contributed by atoms with Crippen LogP contribution < -0.4 is 5.11 Å². The summed E-state index contributed by atoms with van der Waals surface area (Å²) in [6.07, 6.45) is 54.2. The molecule has 2 unspecified atom stereocenters. The first-order valence-electron chi connectivity index (χ1n) is 25.7. The van der Waals surface area contributed by atoms with Crippen LogP contribution in [0.5, 0.6) is 0 Å². The topological polar surface area (TPSA) is 102 Å². The standard InChI is InChI=1S/C54H97NO7/c1-6-8-10-12-14-16-18-20-22-24-26-27-29-31-33-35-37-39-41-43-45-53(57)62-50(48-60-47-46-51(54(58)59)55(3,4)5)49-61-52(56)44-42-40-38-36-34-32-30-28-25-23-21-19-17-15-13-11-9-7-2/h16,18,20,22-23,25,28,30,50-51H,6-15,17,19,21,24,26-27,29,31-49H2,1-5H3/b18-16+,22-20+,25-23+,30-28+. The maximum atomic E-state index is 12.8. The molecule has 8 heteroatoms. The smallest absolute Gasteiger partial charge is 0.306 e. The van der Waals surface area contributed by atoms with E-state index in [-0.39, 0.29) is 42.7 Å². The molecule has 360 valence electrons. The van der Waals surface area contributed by atoms with E-state index in [1.807, 2.05) is 0 Å². The molecular formula is C54H97NO7. The number of carboxylic acids is 1. The molecule has 0 aliphatic rings. The first-order valence-corrected chi connectivity index (χ1v) is 25.7. The molecule has 0 aromatic heterocycles. The molecule has 0 bridgehead atoms. The number of rotatable bonds is 46. The zero-order valence-electron chi connectivity index (χ0n) is 41.0. The number of likely N-dealkylation sites (N-methyl/N-ethyl adjacent to an activating group) is 1. The summed E-state index contributed by atoms with van der Waals surface area (Å²) in [6.45, 7) is 4.64. The Bertz CT molecular complexity index is 1150. The number of esters is 2. The fourth-order valence-electron chi connectivity index (χ4n) is 7.47. The van der Waals surface area contributed by atoms with Crippen LogP contribution in [-0.4, -0.2) is 75.5 Å². The molecule has 0 aliphatic carbocycles. The zero-order valence-corrected chi connectivity index (χ0v) is 41.0. The molecule has 0 amide bonds. The number of unbranched alkanes of at least 4 members (excludes halogenated alkanes) is 26. The highest BCUT2D eigenvalue weighted by molar-refractivity contribution is 5.70. The van der Waals surface area contributed by atoms with Gasteiger partial charge < -0.3 is 28.6 Å². The number of allylic oxidation sites excluding steroid dienone is 8. The maximum absolute atomic E-state index is 12.8. The third kappa shape index (κ3) is 42.6. The lowest BCUT2D eigenvalue weighted by atomic mass is 10.1. The number of carbonyl (C=O) groups is 3. The van der Waals surface area contributed by atoms with Gasteiger partial charge in [-0.2, -0.15) is 0 Å². The van der Waals surface area contributed by atoms with Crippen LogP contribution in [0.3, 0.4) is 0 Å². The van der Waals surface area contributed by atoms with Gasteiger partial charge in [0.15, 0.2) is 6.10 Å². The van der Waals surface area contributed by atoms with Crippen molar-refractivity contribution in [3.63, 3.8) is 0 Å². The minimum absolute atomic E-state index is 0.0344. The summed E-state index contributed by atoms with van der Waals surface area (Å²) in [5.74, 6) is -1.75. The van der Waals surface area contributed by atoms with Crippen molar-refractivity contribution in [1.29, 1.82) is 0 Å². The summed E-state index contributed by atoms with van der Waals surface area (Å²) >= 11 is 0. The lowest BCUT2D eigenvalue weighted by molar-refractivity contribution is -0.889. The molecule has 0 heterocycles. The predicted octanol–water partition coefficient (Wildman–Crippen LogP) is 13.4. The van der Waals surface area contributed by atoms with Gasteiger partial charge in [-0.15, -0.1) is 0 Å². The van der Waals surface area contributed by atoms with E-state index < -0.39 is 18.1 Å². The summed E-state index contributed by atoms with van der Waals surface area (Å²) in [6, 6.07) is -0.730. The first-order chi connectivity index (χ1) is 30.1. The minimum Gasteiger partial charge on any atom is -0.544 e. The zero-order chi connectivity index (χ0) is 45.6. The molecule has 0 rings (SSSR count). The van der Waals surface area contributed by atoms with Gasteiger partial charge in [0, 0.05) is 19.3 Å². The molecule has 2 atom stereocenters. The Morgan fingerprint density at radius 3 is 1.23 bits per heavy atom. The second-order valence-electron chi connectivity index (χ2n) is 18.5. The molecule has 0 aliphatic heterocycles. The summed E-state index contributed by atoms with van der Waals surface area (Å²) in [5, 5.41) is 11.7. The van der Waals surface area contributed by atoms with Gasteiger partial charge in [0.05, 0.1) is 40.3 Å². The number of ether oxygens (including phenoxy) is 3. The van der Waals surface area contributed by atoms with E-state index in [0.29, 0.717) is 12.8 Å². The molecule has 0 radical (unpaired) electrons. The van der Waals surface area contributed by atoms with Crippen molar-refractivity contribution >= 4 is 17.9 Å². The number of hydrogen-bond donors (Lipinski definition) is 0. The van der Waals surface area contributed by atoms with E-state index in [1.165, 1.54) is 135 Å². The molecule has 8 nitrogen and oxygen atoms in total. The van der Waals surface area contributed by atoms with Gasteiger partial charge in [-0.1, -0.05) is 191 Å². The van der Waals surface area contributed by atoms with E-state index in [9.17, 15) is 19.5 Å². The van der Waals surface area contributed by atoms with Crippen molar-refractivity contribution < 1.29 is 38.2 Å². The van der Waals surface area contributed by atoms with Crippen LogP contribution in [0.2, 0.25) is 0 Å². The van der Waals surface area contributed by atoms with E-state index in [1.54, 1.807) is 21.1 Å². The Labute approximate surface area is 382 Å². The second-order valence-corrected chi connectivity index (χ2v) is 18.5. The van der Waals surface area contributed by atoms with Gasteiger partial charge in [-0.25, -0.2) is 0 Å². The lowest BCUT2D eigenvalue weighted by Gasteiger charge is -2.34. The van der Waals surface area contributed by atoms with E-state index in [2.05, 4.69) is 62.5 Å². The highest BCUT2D eigenvalue weighted by Crippen LogP contribution is 2.15. The van der Waals surface area contributed by atoms with E-state index in [4.69, 9.17) is 14.2 Å². The SMILES string of the molecule is CCCCCC/C=C/C=C/CCCCCCCCCCCCC(=O)OC(COCCC(C(=O)[O-])[N+](C)(C)C)COC(=O)CCCCCCC/C=C/C=C/CCCCCCCCC. The average molecular weight is 872 g/mol. The number of hydrogen-bond acceptors (Lipinski definition) is 7. The van der Waals surface area contributed by atoms with Gasteiger partial charge in [-0.05, 0) is 64.2 Å². The van der Waals surface area contributed by atoms with Crippen molar-refractivity contribution in [2.75, 3.05) is 41.0 Å². The fraction of sp³-hybridized carbons (Fsp3) is 0.796. The average Bonchev–Trinajstić information content (AvgIpc) is 3.23. The first kappa shape index (κ1) is 59.3. The number of aliphatic carboxylic acids is 1. The van der Waals surface area contributed by atoms with Crippen molar-refractivity contribution in [3.05, 3.63) is 48.6 Å². The molecule has 0 spiro atoms. The summed E-state index contributed by atoms with van der Waals surface area (Å²) in [5.41, 5.74) is 0. The van der Waals surface area contributed by atoms with Crippen molar-refractivity contribution in [3.8, 4) is 0 Å². The van der Waals surface area contributed by atoms with Crippen LogP contribution in [0.15, 0.2) is 48.6 Å². The molecule has 0 saturated heterocycles. The number of carboxylic acid groups (broad SMARTS) is 1. The van der Waals surface area contributed by atoms with Gasteiger partial charge >= 0.3 is 11.9 Å². The molecule has 0 fully saturated rings. The van der Waals surface area contributed by atoms with Gasteiger partial charge in [0.25, 0.3) is 0 Å². The molecule has 0 saturated carbocycles. The Hall–Kier alpha value is -2.71. The van der Waals surface area contributed by atoms with E-state index >= 15 is 0 Å². The Kier molecular flexibility index (Phi) is 42.9. The molecular weight excluding hydrogens is 775 g/mol. The summed E-state index contributed by atoms with van der Waals surface area (Å²) in [4.78, 5) is 37.0. The van der Waals surface area contributed by atoms with Gasteiger partial charge in [-0.3, -0.25) is 9.59 Å². The van der Waals surface area contributed by atoms with Crippen LogP contribution in [0.1, 0.15) is 226 Å². The number of quaternary nitrogens is 1. The largest absolute Gasteiger partial charge is 0.544 e. The quantitative estimate of drug-likeness (QED) is 0.0260. The highest BCUT2D eigenvalue weighted by atomic mass is 16.6. The monoisotopic (exact) mass is 872 g/mol. The van der Waals surface area contributed by atoms with Crippen LogP contribution in [0.4, 0.5) is 0 Å². The summed E-state index contributed by atoms with van der Waals surface area (Å²) in [7, 11) is 5.41.